The Balaban J connectivity index is 1.64. The Hall–Kier alpha value is -4.45. The van der Waals surface area contributed by atoms with Crippen LogP contribution in [0.3, 0.4) is 0 Å². The predicted octanol–water partition coefficient (Wildman–Crippen LogP) is 4.97. The molecule has 0 aliphatic carbocycles. The minimum Gasteiger partial charge on any atom is -0.299 e. The Morgan fingerprint density at radius 1 is 0.946 bits per heavy atom. The number of nitrogens with zero attached hydrogens (tertiary/aromatic N) is 3. The SMILES string of the molecule is CS(=O)(=O)c1cccc(-c2ccc(-n3cc(-c4noc(=O)[nH]4)nc3-c3ccccc3C(F)(F)F)cc2)c1. The molecule has 0 bridgehead atoms. The summed E-state index contributed by atoms with van der Waals surface area (Å²) in [5, 5.41) is 3.59. The van der Waals surface area contributed by atoms with Gasteiger partial charge in [-0.3, -0.25) is 14.1 Å². The van der Waals surface area contributed by atoms with E-state index in [-0.39, 0.29) is 27.8 Å². The van der Waals surface area contributed by atoms with E-state index in [1.807, 2.05) is 0 Å². The van der Waals surface area contributed by atoms with Crippen molar-refractivity contribution in [3.63, 3.8) is 0 Å². The van der Waals surface area contributed by atoms with Crippen LogP contribution in [0.25, 0.3) is 39.7 Å². The van der Waals surface area contributed by atoms with Crippen molar-refractivity contribution in [2.45, 2.75) is 11.1 Å². The molecule has 0 saturated heterocycles. The topological polar surface area (TPSA) is 111 Å². The summed E-state index contributed by atoms with van der Waals surface area (Å²) in [6, 6.07) is 18.2. The first kappa shape index (κ1) is 24.3. The Bertz CT molecular complexity index is 1770. The lowest BCUT2D eigenvalue weighted by Gasteiger charge is -2.14. The monoisotopic (exact) mass is 526 g/mol. The summed E-state index contributed by atoms with van der Waals surface area (Å²) in [5.41, 5.74) is 0.881. The number of hydrogen-bond donors (Lipinski definition) is 1. The standard InChI is InChI=1S/C25H17F3N4O4S/c1-37(34,35)18-6-4-5-16(13-18)15-9-11-17(12-10-15)32-14-21(22-30-24(33)36-31-22)29-23(32)19-7-2-3-8-20(19)25(26,27)28/h2-14H,1H3,(H,30,31,33). The van der Waals surface area contributed by atoms with E-state index in [0.717, 1.165) is 12.3 Å². The van der Waals surface area contributed by atoms with Crippen molar-refractivity contribution in [1.82, 2.24) is 19.7 Å². The second-order valence-corrected chi connectivity index (χ2v) is 10.2. The molecule has 0 aliphatic rings. The lowest BCUT2D eigenvalue weighted by atomic mass is 10.0. The van der Waals surface area contributed by atoms with Gasteiger partial charge in [0.05, 0.1) is 10.5 Å². The van der Waals surface area contributed by atoms with Gasteiger partial charge in [0.15, 0.2) is 9.84 Å². The highest BCUT2D eigenvalue weighted by atomic mass is 32.2. The number of alkyl halides is 3. The first-order valence-corrected chi connectivity index (χ1v) is 12.6. The smallest absolute Gasteiger partial charge is 0.299 e. The van der Waals surface area contributed by atoms with Crippen molar-refractivity contribution in [2.24, 2.45) is 0 Å². The van der Waals surface area contributed by atoms with Crippen molar-refractivity contribution in [3.05, 3.63) is 95.1 Å². The maximum Gasteiger partial charge on any atom is 0.439 e. The predicted molar refractivity (Wildman–Crippen MR) is 129 cm³/mol. The Morgan fingerprint density at radius 3 is 2.32 bits per heavy atom. The molecule has 2 aromatic heterocycles. The van der Waals surface area contributed by atoms with Crippen LogP contribution in [0, 0.1) is 0 Å². The van der Waals surface area contributed by atoms with Crippen molar-refractivity contribution in [1.29, 1.82) is 0 Å². The Labute approximate surface area is 207 Å². The number of hydrogen-bond acceptors (Lipinski definition) is 6. The zero-order valence-corrected chi connectivity index (χ0v) is 19.8. The number of aromatic nitrogens is 4. The third-order valence-corrected chi connectivity index (χ3v) is 6.71. The van der Waals surface area contributed by atoms with Gasteiger partial charge in [-0.1, -0.05) is 47.6 Å². The highest BCUT2D eigenvalue weighted by Crippen LogP contribution is 2.38. The van der Waals surface area contributed by atoms with E-state index in [1.54, 1.807) is 42.5 Å². The molecule has 0 fully saturated rings. The van der Waals surface area contributed by atoms with E-state index in [9.17, 15) is 26.4 Å². The summed E-state index contributed by atoms with van der Waals surface area (Å²) in [7, 11) is -3.40. The molecule has 0 radical (unpaired) electrons. The van der Waals surface area contributed by atoms with Crippen molar-refractivity contribution < 1.29 is 26.1 Å². The summed E-state index contributed by atoms with van der Waals surface area (Å²) in [4.78, 5) is 18.3. The molecule has 0 amide bonds. The highest BCUT2D eigenvalue weighted by Gasteiger charge is 2.35. The minimum absolute atomic E-state index is 0.0291. The number of halogens is 3. The number of sulfone groups is 1. The lowest BCUT2D eigenvalue weighted by Crippen LogP contribution is -2.08. The Kier molecular flexibility index (Phi) is 5.83. The van der Waals surface area contributed by atoms with Crippen molar-refractivity contribution in [3.8, 4) is 39.7 Å². The van der Waals surface area contributed by atoms with E-state index in [2.05, 4.69) is 19.6 Å². The molecular formula is C25H17F3N4O4S. The van der Waals surface area contributed by atoms with Gasteiger partial charge in [0, 0.05) is 23.7 Å². The number of imidazole rings is 1. The van der Waals surface area contributed by atoms with Crippen LogP contribution in [-0.2, 0) is 16.0 Å². The number of H-pyrrole nitrogens is 1. The molecule has 12 heteroatoms. The maximum absolute atomic E-state index is 13.8. The average molecular weight is 526 g/mol. The third-order valence-electron chi connectivity index (χ3n) is 5.60. The van der Waals surface area contributed by atoms with Crippen LogP contribution in [0.2, 0.25) is 0 Å². The van der Waals surface area contributed by atoms with Crippen LogP contribution < -0.4 is 5.76 Å². The second kappa shape index (κ2) is 8.89. The zero-order valence-electron chi connectivity index (χ0n) is 19.0. The summed E-state index contributed by atoms with van der Waals surface area (Å²) >= 11 is 0. The van der Waals surface area contributed by atoms with E-state index < -0.39 is 27.3 Å². The maximum atomic E-state index is 13.8. The molecule has 5 aromatic rings. The zero-order chi connectivity index (χ0) is 26.4. The molecule has 5 rings (SSSR count). The fourth-order valence-electron chi connectivity index (χ4n) is 3.87. The van der Waals surface area contributed by atoms with Gasteiger partial charge in [-0.25, -0.2) is 18.2 Å². The molecule has 0 unspecified atom stereocenters. The minimum atomic E-state index is -4.63. The summed E-state index contributed by atoms with van der Waals surface area (Å²) in [6.07, 6.45) is -2.08. The molecule has 2 heterocycles. The molecule has 37 heavy (non-hydrogen) atoms. The van der Waals surface area contributed by atoms with Gasteiger partial charge in [-0.05, 0) is 41.5 Å². The van der Waals surface area contributed by atoms with Crippen LogP contribution in [-0.4, -0.2) is 34.4 Å². The van der Waals surface area contributed by atoms with Crippen molar-refractivity contribution >= 4 is 9.84 Å². The van der Waals surface area contributed by atoms with E-state index >= 15 is 0 Å². The van der Waals surface area contributed by atoms with Gasteiger partial charge >= 0.3 is 11.9 Å². The first-order valence-electron chi connectivity index (χ1n) is 10.7. The molecule has 0 saturated carbocycles. The summed E-state index contributed by atoms with van der Waals surface area (Å²) in [6.45, 7) is 0. The molecular weight excluding hydrogens is 509 g/mol. The Morgan fingerprint density at radius 2 is 1.68 bits per heavy atom. The largest absolute Gasteiger partial charge is 0.439 e. The fourth-order valence-corrected chi connectivity index (χ4v) is 4.53. The molecule has 8 nitrogen and oxygen atoms in total. The quantitative estimate of drug-likeness (QED) is 0.346. The number of benzene rings is 3. The first-order chi connectivity index (χ1) is 17.5. The molecule has 0 aliphatic heterocycles. The van der Waals surface area contributed by atoms with Gasteiger partial charge in [-0.15, -0.1) is 0 Å². The summed E-state index contributed by atoms with van der Waals surface area (Å²) < 4.78 is 71.2. The molecule has 1 N–H and O–H groups in total. The van der Waals surface area contributed by atoms with Gasteiger partial charge in [0.2, 0.25) is 5.82 Å². The third kappa shape index (κ3) is 4.83. The van der Waals surface area contributed by atoms with Gasteiger partial charge in [-0.2, -0.15) is 13.2 Å². The molecule has 0 spiro atoms. The van der Waals surface area contributed by atoms with Crippen LogP contribution in [0.1, 0.15) is 5.56 Å². The van der Waals surface area contributed by atoms with Crippen LogP contribution in [0.4, 0.5) is 13.2 Å². The molecule has 3 aromatic carbocycles. The highest BCUT2D eigenvalue weighted by molar-refractivity contribution is 7.90. The van der Waals surface area contributed by atoms with Crippen LogP contribution >= 0.6 is 0 Å². The van der Waals surface area contributed by atoms with Crippen LogP contribution in [0.15, 0.2) is 93.2 Å². The molecule has 188 valence electrons. The summed E-state index contributed by atoms with van der Waals surface area (Å²) in [5.74, 6) is -0.898. The van der Waals surface area contributed by atoms with Crippen molar-refractivity contribution in [2.75, 3.05) is 6.26 Å². The fraction of sp³-hybridized carbons (Fsp3) is 0.0800. The number of rotatable bonds is 5. The lowest BCUT2D eigenvalue weighted by molar-refractivity contribution is -0.137. The van der Waals surface area contributed by atoms with E-state index in [1.165, 1.54) is 35.0 Å². The second-order valence-electron chi connectivity index (χ2n) is 8.15. The van der Waals surface area contributed by atoms with Gasteiger partial charge < -0.3 is 0 Å². The molecule has 0 atom stereocenters. The van der Waals surface area contributed by atoms with E-state index in [0.29, 0.717) is 16.8 Å². The normalized spacial score (nSPS) is 12.1. The van der Waals surface area contributed by atoms with Crippen LogP contribution in [0.5, 0.6) is 0 Å². The van der Waals surface area contributed by atoms with Gasteiger partial charge in [0.25, 0.3) is 0 Å². The average Bonchev–Trinajstić information content (AvgIpc) is 3.50. The number of nitrogens with one attached hydrogen (secondary N) is 1. The number of aromatic amines is 1. The van der Waals surface area contributed by atoms with Gasteiger partial charge in [0.1, 0.15) is 11.5 Å². The van der Waals surface area contributed by atoms with E-state index in [4.69, 9.17) is 0 Å².